The Balaban J connectivity index is 0. The molecule has 0 spiro atoms. The first-order chi connectivity index (χ1) is 5.45. The normalized spacial score (nSPS) is 13.0. The molecule has 0 aromatic rings. The van der Waals surface area contributed by atoms with E-state index in [0.29, 0.717) is 13.2 Å². The van der Waals surface area contributed by atoms with Crippen molar-refractivity contribution in [3.8, 4) is 0 Å². The summed E-state index contributed by atoms with van der Waals surface area (Å²) in [4.78, 5) is 11.3. The molecule has 13 heavy (non-hydrogen) atoms. The van der Waals surface area contributed by atoms with Crippen molar-refractivity contribution in [2.45, 2.75) is 27.7 Å². The third-order valence-electron chi connectivity index (χ3n) is 2.34. The maximum absolute atomic E-state index is 11.3. The van der Waals surface area contributed by atoms with Crippen LogP contribution in [0, 0.1) is 11.3 Å². The quantitative estimate of drug-likeness (QED) is 0.716. The summed E-state index contributed by atoms with van der Waals surface area (Å²) in [6.07, 6.45) is 0. The molecule has 80 valence electrons. The van der Waals surface area contributed by atoms with Crippen LogP contribution in [0.5, 0.6) is 0 Å². The van der Waals surface area contributed by atoms with Crippen molar-refractivity contribution in [3.63, 3.8) is 0 Å². The molecule has 2 N–H and O–H groups in total. The number of hydrogen-bond acceptors (Lipinski definition) is 3. The smallest absolute Gasteiger partial charge is 0.309 e. The molecule has 0 saturated carbocycles. The van der Waals surface area contributed by atoms with Crippen molar-refractivity contribution in [3.05, 3.63) is 0 Å². The molecule has 0 amide bonds. The van der Waals surface area contributed by atoms with Crippen molar-refractivity contribution >= 4 is 18.4 Å². The number of nitrogens with two attached hydrogens (primary N) is 1. The van der Waals surface area contributed by atoms with Gasteiger partial charge in [-0.25, -0.2) is 0 Å². The molecular weight excluding hydrogens is 190 g/mol. The summed E-state index contributed by atoms with van der Waals surface area (Å²) in [5.74, 6) is -0.296. The SMILES string of the molecule is CCOC(=O)C(C)C(C)(C)CN.Cl. The van der Waals surface area contributed by atoms with Crippen molar-refractivity contribution in [1.82, 2.24) is 0 Å². The minimum absolute atomic E-state index is 0. The summed E-state index contributed by atoms with van der Waals surface area (Å²) in [5, 5.41) is 0. The van der Waals surface area contributed by atoms with Crippen LogP contribution in [0.15, 0.2) is 0 Å². The van der Waals surface area contributed by atoms with E-state index in [1.165, 1.54) is 0 Å². The molecule has 1 atom stereocenters. The van der Waals surface area contributed by atoms with E-state index in [4.69, 9.17) is 10.5 Å². The highest BCUT2D eigenvalue weighted by Crippen LogP contribution is 2.25. The third kappa shape index (κ3) is 4.48. The molecule has 3 nitrogen and oxygen atoms in total. The van der Waals surface area contributed by atoms with Crippen molar-refractivity contribution < 1.29 is 9.53 Å². The third-order valence-corrected chi connectivity index (χ3v) is 2.34. The first-order valence-electron chi connectivity index (χ1n) is 4.32. The van der Waals surface area contributed by atoms with E-state index in [0.717, 1.165) is 0 Å². The molecule has 0 saturated heterocycles. The molecule has 0 rings (SSSR count). The van der Waals surface area contributed by atoms with Crippen molar-refractivity contribution in [2.24, 2.45) is 17.1 Å². The number of esters is 1. The first kappa shape index (κ1) is 15.2. The fraction of sp³-hybridized carbons (Fsp3) is 0.889. The molecule has 0 aliphatic carbocycles. The Kier molecular flexibility index (Phi) is 7.27. The van der Waals surface area contributed by atoms with E-state index >= 15 is 0 Å². The van der Waals surface area contributed by atoms with Crippen LogP contribution in [0.25, 0.3) is 0 Å². The lowest BCUT2D eigenvalue weighted by Gasteiger charge is -2.28. The Labute approximate surface area is 86.4 Å². The topological polar surface area (TPSA) is 52.3 Å². The fourth-order valence-electron chi connectivity index (χ4n) is 0.763. The Bertz CT molecular complexity index is 160. The van der Waals surface area contributed by atoms with Gasteiger partial charge in [0, 0.05) is 0 Å². The minimum Gasteiger partial charge on any atom is -0.466 e. The summed E-state index contributed by atoms with van der Waals surface area (Å²) >= 11 is 0. The van der Waals surface area contributed by atoms with Gasteiger partial charge in [0.05, 0.1) is 12.5 Å². The standard InChI is InChI=1S/C9H19NO2.ClH/c1-5-12-8(11)7(2)9(3,4)6-10;/h7H,5-6,10H2,1-4H3;1H. The van der Waals surface area contributed by atoms with Gasteiger partial charge in [0.25, 0.3) is 0 Å². The summed E-state index contributed by atoms with van der Waals surface area (Å²) in [7, 11) is 0. The number of hydrogen-bond donors (Lipinski definition) is 1. The average Bonchev–Trinajstić information content (AvgIpc) is 2.03. The molecule has 4 heteroatoms. The monoisotopic (exact) mass is 209 g/mol. The summed E-state index contributed by atoms with van der Waals surface area (Å²) < 4.78 is 4.90. The minimum atomic E-state index is -0.174. The lowest BCUT2D eigenvalue weighted by Crippen LogP contribution is -2.36. The van der Waals surface area contributed by atoms with E-state index < -0.39 is 0 Å². The Morgan fingerprint density at radius 2 is 2.00 bits per heavy atom. The van der Waals surface area contributed by atoms with Crippen LogP contribution in [-0.2, 0) is 9.53 Å². The molecule has 0 heterocycles. The Morgan fingerprint density at radius 3 is 2.31 bits per heavy atom. The van der Waals surface area contributed by atoms with Crippen LogP contribution in [0.2, 0.25) is 0 Å². The maximum atomic E-state index is 11.3. The van der Waals surface area contributed by atoms with Crippen LogP contribution in [0.3, 0.4) is 0 Å². The van der Waals surface area contributed by atoms with Gasteiger partial charge in [0.15, 0.2) is 0 Å². The summed E-state index contributed by atoms with van der Waals surface area (Å²) in [6.45, 7) is 8.52. The van der Waals surface area contributed by atoms with E-state index in [-0.39, 0.29) is 29.7 Å². The second-order valence-electron chi connectivity index (χ2n) is 3.67. The van der Waals surface area contributed by atoms with Crippen LogP contribution in [-0.4, -0.2) is 19.1 Å². The Morgan fingerprint density at radius 1 is 1.54 bits per heavy atom. The van der Waals surface area contributed by atoms with Crippen molar-refractivity contribution in [1.29, 1.82) is 0 Å². The highest BCUT2D eigenvalue weighted by Gasteiger charge is 2.30. The second kappa shape index (κ2) is 6.22. The van der Waals surface area contributed by atoms with Gasteiger partial charge in [-0.1, -0.05) is 20.8 Å². The van der Waals surface area contributed by atoms with Gasteiger partial charge in [-0.15, -0.1) is 12.4 Å². The van der Waals surface area contributed by atoms with E-state index in [1.807, 2.05) is 20.8 Å². The molecule has 0 aromatic carbocycles. The molecule has 0 fully saturated rings. The van der Waals surface area contributed by atoms with Gasteiger partial charge in [-0.2, -0.15) is 0 Å². The number of carbonyl (C=O) groups excluding carboxylic acids is 1. The lowest BCUT2D eigenvalue weighted by molar-refractivity contribution is -0.151. The number of carbonyl (C=O) groups is 1. The molecule has 0 aliphatic heterocycles. The van der Waals surface area contributed by atoms with E-state index in [9.17, 15) is 4.79 Å². The lowest BCUT2D eigenvalue weighted by atomic mass is 9.80. The van der Waals surface area contributed by atoms with Gasteiger partial charge in [0.1, 0.15) is 0 Å². The van der Waals surface area contributed by atoms with Gasteiger partial charge < -0.3 is 10.5 Å². The first-order valence-corrected chi connectivity index (χ1v) is 4.32. The molecular formula is C9H20ClNO2. The van der Waals surface area contributed by atoms with Crippen LogP contribution in [0.4, 0.5) is 0 Å². The molecule has 0 bridgehead atoms. The van der Waals surface area contributed by atoms with Gasteiger partial charge in [-0.05, 0) is 18.9 Å². The van der Waals surface area contributed by atoms with E-state index in [2.05, 4.69) is 0 Å². The molecule has 0 aliphatic rings. The second-order valence-corrected chi connectivity index (χ2v) is 3.67. The number of halogens is 1. The highest BCUT2D eigenvalue weighted by molar-refractivity contribution is 5.85. The van der Waals surface area contributed by atoms with Gasteiger partial charge in [0.2, 0.25) is 0 Å². The van der Waals surface area contributed by atoms with Gasteiger partial charge >= 0.3 is 5.97 Å². The molecule has 0 radical (unpaired) electrons. The van der Waals surface area contributed by atoms with Crippen LogP contribution in [0.1, 0.15) is 27.7 Å². The van der Waals surface area contributed by atoms with Gasteiger partial charge in [-0.3, -0.25) is 4.79 Å². The maximum Gasteiger partial charge on any atom is 0.309 e. The highest BCUT2D eigenvalue weighted by atomic mass is 35.5. The van der Waals surface area contributed by atoms with Crippen LogP contribution < -0.4 is 5.73 Å². The largest absolute Gasteiger partial charge is 0.466 e. The van der Waals surface area contributed by atoms with E-state index in [1.54, 1.807) is 6.92 Å². The van der Waals surface area contributed by atoms with Crippen LogP contribution >= 0.6 is 12.4 Å². The Hall–Kier alpha value is -0.280. The zero-order valence-electron chi connectivity index (χ0n) is 8.79. The summed E-state index contributed by atoms with van der Waals surface area (Å²) in [6, 6.07) is 0. The zero-order valence-corrected chi connectivity index (χ0v) is 9.61. The predicted molar refractivity (Wildman–Crippen MR) is 55.9 cm³/mol. The van der Waals surface area contributed by atoms with Crippen molar-refractivity contribution in [2.75, 3.05) is 13.2 Å². The number of rotatable bonds is 4. The fourth-order valence-corrected chi connectivity index (χ4v) is 0.763. The molecule has 1 unspecified atom stereocenters. The summed E-state index contributed by atoms with van der Waals surface area (Å²) in [5.41, 5.74) is 5.36. The predicted octanol–water partition coefficient (Wildman–Crippen LogP) is 1.59. The number of ether oxygens (including phenoxy) is 1. The molecule has 0 aromatic heterocycles. The zero-order chi connectivity index (χ0) is 9.78. The average molecular weight is 210 g/mol.